The van der Waals surface area contributed by atoms with Gasteiger partial charge in [0.05, 0.1) is 6.54 Å². The van der Waals surface area contributed by atoms with Gasteiger partial charge < -0.3 is 9.84 Å². The smallest absolute Gasteiger partial charge is 0.251 e. The number of halogens is 1. The summed E-state index contributed by atoms with van der Waals surface area (Å²) in [5, 5.41) is 6.34. The van der Waals surface area contributed by atoms with Crippen LogP contribution in [0.4, 0.5) is 0 Å². The van der Waals surface area contributed by atoms with Crippen molar-refractivity contribution in [3.05, 3.63) is 46.0 Å². The average molecular weight is 296 g/mol. The Balaban J connectivity index is 2.07. The summed E-state index contributed by atoms with van der Waals surface area (Å²) in [6.07, 6.45) is 1.23. The monoisotopic (exact) mass is 295 g/mol. The van der Waals surface area contributed by atoms with E-state index in [4.69, 9.17) is 0 Å². The Kier molecular flexibility index (Phi) is 3.53. The molecule has 6 heteroatoms. The molecule has 0 bridgehead atoms. The van der Waals surface area contributed by atoms with Crippen LogP contribution in [-0.2, 0) is 6.54 Å². The van der Waals surface area contributed by atoms with Gasteiger partial charge in [-0.3, -0.25) is 4.79 Å². The van der Waals surface area contributed by atoms with E-state index in [9.17, 15) is 4.79 Å². The summed E-state index contributed by atoms with van der Waals surface area (Å²) in [5.74, 6) is 0.291. The number of carbonyl (C=O) groups is 1. The fourth-order valence-corrected chi connectivity index (χ4v) is 1.74. The third-order valence-electron chi connectivity index (χ3n) is 2.33. The van der Waals surface area contributed by atoms with Crippen molar-refractivity contribution in [2.75, 3.05) is 0 Å². The Hall–Kier alpha value is -1.69. The molecule has 1 heterocycles. The van der Waals surface area contributed by atoms with E-state index in [0.29, 0.717) is 11.4 Å². The summed E-state index contributed by atoms with van der Waals surface area (Å²) in [7, 11) is 0. The number of carbonyl (C=O) groups excluding carboxylic acids is 1. The first-order chi connectivity index (χ1) is 8.18. The van der Waals surface area contributed by atoms with E-state index in [2.05, 4.69) is 35.9 Å². The van der Waals surface area contributed by atoms with Crippen molar-refractivity contribution < 1.29 is 9.32 Å². The predicted octanol–water partition coefficient (Wildman–Crippen LogP) is 2.07. The zero-order chi connectivity index (χ0) is 12.3. The number of nitrogens with zero attached hydrogens (tertiary/aromatic N) is 2. The van der Waals surface area contributed by atoms with Crippen LogP contribution >= 0.6 is 15.9 Å². The van der Waals surface area contributed by atoms with Gasteiger partial charge in [0.2, 0.25) is 6.39 Å². The molecule has 0 spiro atoms. The van der Waals surface area contributed by atoms with Gasteiger partial charge in [-0.1, -0.05) is 27.2 Å². The van der Waals surface area contributed by atoms with E-state index >= 15 is 0 Å². The second-order valence-corrected chi connectivity index (χ2v) is 4.30. The number of nitrogens with one attached hydrogen (secondary N) is 1. The first-order valence-corrected chi connectivity index (χ1v) is 5.76. The maximum Gasteiger partial charge on any atom is 0.251 e. The maximum atomic E-state index is 11.9. The molecule has 0 aliphatic heterocycles. The highest BCUT2D eigenvalue weighted by Crippen LogP contribution is 2.19. The van der Waals surface area contributed by atoms with Crippen molar-refractivity contribution in [2.24, 2.45) is 0 Å². The molecule has 2 aromatic rings. The minimum absolute atomic E-state index is 0.159. The van der Waals surface area contributed by atoms with Crippen molar-refractivity contribution in [3.8, 4) is 0 Å². The SMILES string of the molecule is Cc1c(Br)cccc1C(=O)NCc1ncon1. The van der Waals surface area contributed by atoms with Crippen molar-refractivity contribution >= 4 is 21.8 Å². The molecule has 17 heavy (non-hydrogen) atoms. The average Bonchev–Trinajstić information content (AvgIpc) is 2.82. The molecule has 5 nitrogen and oxygen atoms in total. The minimum Gasteiger partial charge on any atom is -0.345 e. The van der Waals surface area contributed by atoms with Gasteiger partial charge in [-0.2, -0.15) is 4.98 Å². The maximum absolute atomic E-state index is 11.9. The first-order valence-electron chi connectivity index (χ1n) is 4.97. The molecule has 1 aromatic carbocycles. The number of hydrogen-bond donors (Lipinski definition) is 1. The van der Waals surface area contributed by atoms with E-state index < -0.39 is 0 Å². The highest BCUT2D eigenvalue weighted by Gasteiger charge is 2.11. The van der Waals surface area contributed by atoms with Gasteiger partial charge in [-0.15, -0.1) is 0 Å². The normalized spacial score (nSPS) is 10.2. The number of benzene rings is 1. The molecule has 0 atom stereocenters. The Morgan fingerprint density at radius 1 is 1.53 bits per heavy atom. The van der Waals surface area contributed by atoms with Gasteiger partial charge in [0, 0.05) is 10.0 Å². The van der Waals surface area contributed by atoms with E-state index in [1.807, 2.05) is 19.1 Å². The number of hydrogen-bond acceptors (Lipinski definition) is 4. The fraction of sp³-hybridized carbons (Fsp3) is 0.182. The quantitative estimate of drug-likeness (QED) is 0.941. The Morgan fingerprint density at radius 2 is 2.35 bits per heavy atom. The predicted molar refractivity (Wildman–Crippen MR) is 64.3 cm³/mol. The zero-order valence-electron chi connectivity index (χ0n) is 9.11. The third-order valence-corrected chi connectivity index (χ3v) is 3.19. The Bertz CT molecular complexity index is 526. The summed E-state index contributed by atoms with van der Waals surface area (Å²) in [4.78, 5) is 15.7. The van der Waals surface area contributed by atoms with Crippen molar-refractivity contribution in [2.45, 2.75) is 13.5 Å². The highest BCUT2D eigenvalue weighted by atomic mass is 79.9. The highest BCUT2D eigenvalue weighted by molar-refractivity contribution is 9.10. The second-order valence-electron chi connectivity index (χ2n) is 3.44. The van der Waals surface area contributed by atoms with E-state index in [1.165, 1.54) is 6.39 Å². The summed E-state index contributed by atoms with van der Waals surface area (Å²) in [6, 6.07) is 5.48. The third kappa shape index (κ3) is 2.71. The van der Waals surface area contributed by atoms with E-state index in [1.54, 1.807) is 6.07 Å². The number of aromatic nitrogens is 2. The fourth-order valence-electron chi connectivity index (χ4n) is 1.38. The lowest BCUT2D eigenvalue weighted by Gasteiger charge is -2.07. The molecule has 0 saturated carbocycles. The van der Waals surface area contributed by atoms with Crippen LogP contribution in [-0.4, -0.2) is 16.0 Å². The van der Waals surface area contributed by atoms with Gasteiger partial charge >= 0.3 is 0 Å². The van der Waals surface area contributed by atoms with Gasteiger partial charge in [0.25, 0.3) is 5.91 Å². The molecule has 0 aliphatic carbocycles. The molecule has 1 N–H and O–H groups in total. The van der Waals surface area contributed by atoms with Crippen LogP contribution in [0.5, 0.6) is 0 Å². The minimum atomic E-state index is -0.159. The molecule has 88 valence electrons. The summed E-state index contributed by atoms with van der Waals surface area (Å²) < 4.78 is 5.48. The van der Waals surface area contributed by atoms with Gasteiger partial charge in [0.1, 0.15) is 0 Å². The number of amides is 1. The molecule has 0 saturated heterocycles. The lowest BCUT2D eigenvalue weighted by molar-refractivity contribution is 0.0949. The standard InChI is InChI=1S/C11H10BrN3O2/c1-7-8(3-2-4-9(7)12)11(16)13-5-10-14-6-17-15-10/h2-4,6H,5H2,1H3,(H,13,16). The molecule has 0 fully saturated rings. The van der Waals surface area contributed by atoms with Gasteiger partial charge in [0.15, 0.2) is 5.82 Å². The van der Waals surface area contributed by atoms with Crippen LogP contribution in [0.15, 0.2) is 33.6 Å². The second kappa shape index (κ2) is 5.09. The van der Waals surface area contributed by atoms with Crippen LogP contribution in [0.25, 0.3) is 0 Å². The summed E-state index contributed by atoms with van der Waals surface area (Å²) >= 11 is 3.38. The van der Waals surface area contributed by atoms with Crippen LogP contribution < -0.4 is 5.32 Å². The molecule has 1 amide bonds. The van der Waals surface area contributed by atoms with Crippen molar-refractivity contribution in [1.82, 2.24) is 15.5 Å². The molecular formula is C11H10BrN3O2. The van der Waals surface area contributed by atoms with Crippen LogP contribution in [0, 0.1) is 6.92 Å². The lowest BCUT2D eigenvalue weighted by Crippen LogP contribution is -2.24. The van der Waals surface area contributed by atoms with Gasteiger partial charge in [-0.25, -0.2) is 0 Å². The molecular weight excluding hydrogens is 286 g/mol. The van der Waals surface area contributed by atoms with Gasteiger partial charge in [-0.05, 0) is 24.6 Å². The Morgan fingerprint density at radius 3 is 3.06 bits per heavy atom. The van der Waals surface area contributed by atoms with Crippen LogP contribution in [0.2, 0.25) is 0 Å². The molecule has 2 rings (SSSR count). The summed E-state index contributed by atoms with van der Waals surface area (Å²) in [5.41, 5.74) is 1.53. The molecule has 1 aromatic heterocycles. The topological polar surface area (TPSA) is 68.0 Å². The van der Waals surface area contributed by atoms with Crippen LogP contribution in [0.1, 0.15) is 21.7 Å². The number of rotatable bonds is 3. The van der Waals surface area contributed by atoms with E-state index in [-0.39, 0.29) is 12.5 Å². The summed E-state index contributed by atoms with van der Waals surface area (Å²) in [6.45, 7) is 2.13. The molecule has 0 radical (unpaired) electrons. The van der Waals surface area contributed by atoms with Crippen LogP contribution in [0.3, 0.4) is 0 Å². The van der Waals surface area contributed by atoms with Crippen molar-refractivity contribution in [1.29, 1.82) is 0 Å². The van der Waals surface area contributed by atoms with E-state index in [0.717, 1.165) is 10.0 Å². The lowest BCUT2D eigenvalue weighted by atomic mass is 10.1. The largest absolute Gasteiger partial charge is 0.345 e. The molecule has 0 aliphatic rings. The van der Waals surface area contributed by atoms with Crippen molar-refractivity contribution in [3.63, 3.8) is 0 Å². The first kappa shape index (κ1) is 11.8. The Labute approximate surface area is 106 Å². The zero-order valence-corrected chi connectivity index (χ0v) is 10.7. The molecule has 0 unspecified atom stereocenters.